The number of anilines is 1. The number of hydrogen-bond donors (Lipinski definition) is 1. The molecule has 3 heterocycles. The molecule has 1 fully saturated rings. The maximum atomic E-state index is 12.8. The van der Waals surface area contributed by atoms with Crippen LogP contribution in [0.2, 0.25) is 0 Å². The highest BCUT2D eigenvalue weighted by Crippen LogP contribution is 2.34. The van der Waals surface area contributed by atoms with E-state index >= 15 is 0 Å². The van der Waals surface area contributed by atoms with Crippen molar-refractivity contribution in [2.24, 2.45) is 5.92 Å². The number of aromatic nitrogens is 2. The third-order valence-electron chi connectivity index (χ3n) is 5.48. The molecule has 1 aromatic heterocycles. The third-order valence-corrected chi connectivity index (χ3v) is 5.48. The summed E-state index contributed by atoms with van der Waals surface area (Å²) in [5.74, 6) is 2.55. The van der Waals surface area contributed by atoms with E-state index in [1.807, 2.05) is 24.3 Å². The van der Waals surface area contributed by atoms with E-state index in [2.05, 4.69) is 38.9 Å². The second-order valence-electron chi connectivity index (χ2n) is 8.00. The molecule has 8 nitrogen and oxygen atoms in total. The van der Waals surface area contributed by atoms with Gasteiger partial charge in [0.2, 0.25) is 11.9 Å². The number of benzene rings is 1. The SMILES string of the molecule is CC(C)[C@@H](NC(=O)CN1CCN(c2ncccn2)CC1)c1ccc2c(c1)OCCO2. The molecule has 0 spiro atoms. The number of nitrogens with zero attached hydrogens (tertiary/aromatic N) is 4. The van der Waals surface area contributed by atoms with Crippen LogP contribution < -0.4 is 19.7 Å². The van der Waals surface area contributed by atoms with Gasteiger partial charge in [0, 0.05) is 38.6 Å². The van der Waals surface area contributed by atoms with Crippen molar-refractivity contribution in [2.75, 3.05) is 50.8 Å². The number of rotatable bonds is 6. The quantitative estimate of drug-likeness (QED) is 0.777. The van der Waals surface area contributed by atoms with Gasteiger partial charge in [-0.25, -0.2) is 9.97 Å². The van der Waals surface area contributed by atoms with Crippen molar-refractivity contribution >= 4 is 11.9 Å². The number of ether oxygens (including phenoxy) is 2. The van der Waals surface area contributed by atoms with Gasteiger partial charge in [-0.3, -0.25) is 9.69 Å². The van der Waals surface area contributed by atoms with Crippen LogP contribution in [0.5, 0.6) is 11.5 Å². The molecule has 2 aromatic rings. The largest absolute Gasteiger partial charge is 0.486 e. The molecule has 160 valence electrons. The molecule has 1 amide bonds. The summed E-state index contributed by atoms with van der Waals surface area (Å²) in [6.45, 7) is 8.97. The standard InChI is InChI=1S/C22H29N5O3/c1-16(2)21(17-4-5-18-19(14-17)30-13-12-29-18)25-20(28)15-26-8-10-27(11-9-26)22-23-6-3-7-24-22/h3-7,14,16,21H,8-13,15H2,1-2H3,(H,25,28)/t21-/m1/s1. The van der Waals surface area contributed by atoms with E-state index in [0.717, 1.165) is 49.2 Å². The molecule has 2 aliphatic heterocycles. The van der Waals surface area contributed by atoms with Crippen molar-refractivity contribution in [1.82, 2.24) is 20.2 Å². The summed E-state index contributed by atoms with van der Waals surface area (Å²) in [5, 5.41) is 3.21. The maximum absolute atomic E-state index is 12.8. The van der Waals surface area contributed by atoms with Crippen LogP contribution in [0.3, 0.4) is 0 Å². The summed E-state index contributed by atoms with van der Waals surface area (Å²) in [7, 11) is 0. The first-order chi connectivity index (χ1) is 14.6. The molecule has 1 N–H and O–H groups in total. The Kier molecular flexibility index (Phi) is 6.32. The first-order valence-corrected chi connectivity index (χ1v) is 10.5. The Morgan fingerprint density at radius 1 is 1.07 bits per heavy atom. The molecule has 0 bridgehead atoms. The number of amides is 1. The zero-order valence-corrected chi connectivity index (χ0v) is 17.6. The summed E-state index contributed by atoms with van der Waals surface area (Å²) >= 11 is 0. The van der Waals surface area contributed by atoms with Crippen molar-refractivity contribution in [3.63, 3.8) is 0 Å². The lowest BCUT2D eigenvalue weighted by molar-refractivity contribution is -0.123. The molecule has 2 aliphatic rings. The number of hydrogen-bond acceptors (Lipinski definition) is 7. The van der Waals surface area contributed by atoms with Crippen LogP contribution in [-0.2, 0) is 4.79 Å². The summed E-state index contributed by atoms with van der Waals surface area (Å²) in [6, 6.07) is 7.66. The lowest BCUT2D eigenvalue weighted by Gasteiger charge is -2.34. The average Bonchev–Trinajstić information content (AvgIpc) is 2.78. The minimum absolute atomic E-state index is 0.0352. The Morgan fingerprint density at radius 2 is 1.77 bits per heavy atom. The lowest BCUT2D eigenvalue weighted by atomic mass is 9.95. The smallest absolute Gasteiger partial charge is 0.234 e. The van der Waals surface area contributed by atoms with Crippen molar-refractivity contribution in [2.45, 2.75) is 19.9 Å². The van der Waals surface area contributed by atoms with Crippen LogP contribution in [0.25, 0.3) is 0 Å². The summed E-state index contributed by atoms with van der Waals surface area (Å²) < 4.78 is 11.3. The minimum Gasteiger partial charge on any atom is -0.486 e. The van der Waals surface area contributed by atoms with Crippen LogP contribution in [0.15, 0.2) is 36.7 Å². The molecule has 1 atom stereocenters. The van der Waals surface area contributed by atoms with Gasteiger partial charge in [-0.2, -0.15) is 0 Å². The predicted molar refractivity (Wildman–Crippen MR) is 114 cm³/mol. The number of nitrogens with one attached hydrogen (secondary N) is 1. The van der Waals surface area contributed by atoms with E-state index in [0.29, 0.717) is 19.8 Å². The van der Waals surface area contributed by atoms with Crippen molar-refractivity contribution in [3.8, 4) is 11.5 Å². The van der Waals surface area contributed by atoms with Gasteiger partial charge in [-0.05, 0) is 29.7 Å². The van der Waals surface area contributed by atoms with Gasteiger partial charge in [0.15, 0.2) is 11.5 Å². The van der Waals surface area contributed by atoms with Gasteiger partial charge in [0.05, 0.1) is 12.6 Å². The summed E-state index contributed by atoms with van der Waals surface area (Å²) in [4.78, 5) is 25.7. The molecule has 0 saturated carbocycles. The van der Waals surface area contributed by atoms with E-state index in [4.69, 9.17) is 9.47 Å². The second-order valence-corrected chi connectivity index (χ2v) is 8.00. The Hall–Kier alpha value is -2.87. The van der Waals surface area contributed by atoms with Crippen LogP contribution in [0.1, 0.15) is 25.5 Å². The monoisotopic (exact) mass is 411 g/mol. The van der Waals surface area contributed by atoms with Crippen LogP contribution in [-0.4, -0.2) is 66.7 Å². The zero-order chi connectivity index (χ0) is 20.9. The van der Waals surface area contributed by atoms with E-state index in [1.54, 1.807) is 12.4 Å². The summed E-state index contributed by atoms with van der Waals surface area (Å²) in [6.07, 6.45) is 3.51. The summed E-state index contributed by atoms with van der Waals surface area (Å²) in [5.41, 5.74) is 1.04. The minimum atomic E-state index is -0.0765. The Balaban J connectivity index is 1.33. The highest BCUT2D eigenvalue weighted by Gasteiger charge is 2.24. The highest BCUT2D eigenvalue weighted by molar-refractivity contribution is 5.78. The molecule has 0 radical (unpaired) electrons. The number of carbonyl (C=O) groups excluding carboxylic acids is 1. The van der Waals surface area contributed by atoms with E-state index in [-0.39, 0.29) is 17.9 Å². The van der Waals surface area contributed by atoms with Gasteiger partial charge in [-0.1, -0.05) is 19.9 Å². The van der Waals surface area contributed by atoms with Gasteiger partial charge in [0.25, 0.3) is 0 Å². The first-order valence-electron chi connectivity index (χ1n) is 10.5. The Morgan fingerprint density at radius 3 is 2.47 bits per heavy atom. The molecular formula is C22H29N5O3. The molecule has 0 aliphatic carbocycles. The first kappa shape index (κ1) is 20.4. The molecule has 30 heavy (non-hydrogen) atoms. The maximum Gasteiger partial charge on any atom is 0.234 e. The fourth-order valence-corrected chi connectivity index (χ4v) is 3.87. The fourth-order valence-electron chi connectivity index (χ4n) is 3.87. The zero-order valence-electron chi connectivity index (χ0n) is 17.6. The van der Waals surface area contributed by atoms with Crippen molar-refractivity contribution in [3.05, 3.63) is 42.2 Å². The molecule has 4 rings (SSSR count). The predicted octanol–water partition coefficient (Wildman–Crippen LogP) is 1.88. The number of fused-ring (bicyclic) bond motifs is 1. The number of carbonyl (C=O) groups is 1. The molecule has 1 saturated heterocycles. The topological polar surface area (TPSA) is 79.8 Å². The van der Waals surface area contributed by atoms with Gasteiger partial charge >= 0.3 is 0 Å². The average molecular weight is 412 g/mol. The second kappa shape index (κ2) is 9.30. The van der Waals surface area contributed by atoms with Crippen LogP contribution in [0.4, 0.5) is 5.95 Å². The normalized spacial score (nSPS) is 17.6. The van der Waals surface area contributed by atoms with Crippen molar-refractivity contribution in [1.29, 1.82) is 0 Å². The van der Waals surface area contributed by atoms with E-state index in [1.165, 1.54) is 0 Å². The molecular weight excluding hydrogens is 382 g/mol. The Labute approximate surface area is 177 Å². The number of piperazine rings is 1. The van der Waals surface area contributed by atoms with Gasteiger partial charge in [0.1, 0.15) is 13.2 Å². The highest BCUT2D eigenvalue weighted by atomic mass is 16.6. The molecule has 1 aromatic carbocycles. The Bertz CT molecular complexity index is 853. The molecule has 0 unspecified atom stereocenters. The fraction of sp³-hybridized carbons (Fsp3) is 0.500. The van der Waals surface area contributed by atoms with E-state index < -0.39 is 0 Å². The van der Waals surface area contributed by atoms with Gasteiger partial charge in [-0.15, -0.1) is 0 Å². The lowest BCUT2D eigenvalue weighted by Crippen LogP contribution is -2.50. The third kappa shape index (κ3) is 4.81. The molecule has 8 heteroatoms. The van der Waals surface area contributed by atoms with Crippen LogP contribution in [0, 0.1) is 5.92 Å². The van der Waals surface area contributed by atoms with Gasteiger partial charge < -0.3 is 19.7 Å². The van der Waals surface area contributed by atoms with Crippen LogP contribution >= 0.6 is 0 Å². The van der Waals surface area contributed by atoms with Crippen molar-refractivity contribution < 1.29 is 14.3 Å². The van der Waals surface area contributed by atoms with E-state index in [9.17, 15) is 4.79 Å².